The molecule has 0 bridgehead atoms. The summed E-state index contributed by atoms with van der Waals surface area (Å²) >= 11 is 3.40. The van der Waals surface area contributed by atoms with Gasteiger partial charge in [0.25, 0.3) is 0 Å². The van der Waals surface area contributed by atoms with Gasteiger partial charge in [-0.1, -0.05) is 0 Å². The summed E-state index contributed by atoms with van der Waals surface area (Å²) in [6.07, 6.45) is -0.510. The number of benzene rings is 1. The van der Waals surface area contributed by atoms with Crippen LogP contribution in [0.25, 0.3) is 0 Å². The zero-order valence-corrected chi connectivity index (χ0v) is 12.2. The van der Waals surface area contributed by atoms with Crippen LogP contribution >= 0.6 is 15.9 Å². The number of methoxy groups -OCH3 is 1. The number of rotatable bonds is 2. The van der Waals surface area contributed by atoms with Crippen molar-refractivity contribution in [2.24, 2.45) is 0 Å². The molecule has 0 spiro atoms. The Balaban J connectivity index is 2.42. The molecule has 1 aliphatic heterocycles. The summed E-state index contributed by atoms with van der Waals surface area (Å²) in [6.45, 7) is 2.05. The molecule has 0 radical (unpaired) electrons. The number of ether oxygens (including phenoxy) is 1. The van der Waals surface area contributed by atoms with Crippen molar-refractivity contribution in [3.8, 4) is 0 Å². The highest BCUT2D eigenvalue weighted by molar-refractivity contribution is 9.10. The molecule has 1 aromatic rings. The standard InChI is InChI=1S/C13H14BrNO4/c1-7-9(13(18)19-2)3-4-10(12(7)14)15-6-8(16)5-11(15)17/h3-4,8,16H,5-6H2,1-2H3. The first-order chi connectivity index (χ1) is 8.95. The van der Waals surface area contributed by atoms with E-state index in [9.17, 15) is 14.7 Å². The van der Waals surface area contributed by atoms with E-state index >= 15 is 0 Å². The molecule has 1 aliphatic rings. The first-order valence-corrected chi connectivity index (χ1v) is 6.60. The number of β-amino-alcohol motifs (C(OH)–C–C–N with tert-alkyl or cyclic N) is 1. The lowest BCUT2D eigenvalue weighted by Gasteiger charge is -2.19. The Morgan fingerprint density at radius 3 is 2.74 bits per heavy atom. The fourth-order valence-electron chi connectivity index (χ4n) is 2.13. The number of aliphatic hydroxyl groups excluding tert-OH is 1. The predicted molar refractivity (Wildman–Crippen MR) is 73.2 cm³/mol. The maximum absolute atomic E-state index is 11.8. The summed E-state index contributed by atoms with van der Waals surface area (Å²) in [7, 11) is 1.32. The fraction of sp³-hybridized carbons (Fsp3) is 0.385. The SMILES string of the molecule is COC(=O)c1ccc(N2CC(O)CC2=O)c(Br)c1C. The van der Waals surface area contributed by atoms with E-state index in [0.717, 1.165) is 0 Å². The number of carbonyl (C=O) groups is 2. The predicted octanol–water partition coefficient (Wildman–Crippen LogP) is 1.64. The molecule has 1 amide bonds. The summed E-state index contributed by atoms with van der Waals surface area (Å²) in [5, 5.41) is 9.52. The molecule has 0 aliphatic carbocycles. The summed E-state index contributed by atoms with van der Waals surface area (Å²) in [4.78, 5) is 24.9. The van der Waals surface area contributed by atoms with Crippen molar-refractivity contribution in [1.82, 2.24) is 0 Å². The second-order valence-electron chi connectivity index (χ2n) is 4.43. The van der Waals surface area contributed by atoms with Crippen LogP contribution < -0.4 is 4.90 Å². The lowest BCUT2D eigenvalue weighted by molar-refractivity contribution is -0.117. The average molecular weight is 328 g/mol. The second-order valence-corrected chi connectivity index (χ2v) is 5.22. The molecule has 1 atom stereocenters. The molecule has 1 saturated heterocycles. The van der Waals surface area contributed by atoms with E-state index < -0.39 is 12.1 Å². The van der Waals surface area contributed by atoms with Gasteiger partial charge in [-0.3, -0.25) is 4.79 Å². The minimum Gasteiger partial charge on any atom is -0.465 e. The van der Waals surface area contributed by atoms with Gasteiger partial charge in [0.1, 0.15) is 0 Å². The minimum absolute atomic E-state index is 0.126. The van der Waals surface area contributed by atoms with Crippen molar-refractivity contribution in [3.63, 3.8) is 0 Å². The molecule has 19 heavy (non-hydrogen) atoms. The highest BCUT2D eigenvalue weighted by Gasteiger charge is 2.31. The van der Waals surface area contributed by atoms with E-state index in [1.54, 1.807) is 19.1 Å². The smallest absolute Gasteiger partial charge is 0.338 e. The van der Waals surface area contributed by atoms with Gasteiger partial charge in [0.15, 0.2) is 0 Å². The monoisotopic (exact) mass is 327 g/mol. The molecular weight excluding hydrogens is 314 g/mol. The van der Waals surface area contributed by atoms with Crippen LogP contribution in [0.2, 0.25) is 0 Å². The molecule has 0 aromatic heterocycles. The maximum Gasteiger partial charge on any atom is 0.338 e. The third kappa shape index (κ3) is 2.50. The highest BCUT2D eigenvalue weighted by Crippen LogP contribution is 2.34. The number of hydrogen-bond acceptors (Lipinski definition) is 4. The summed E-state index contributed by atoms with van der Waals surface area (Å²) in [6, 6.07) is 3.30. The van der Waals surface area contributed by atoms with Crippen molar-refractivity contribution >= 4 is 33.5 Å². The van der Waals surface area contributed by atoms with Crippen molar-refractivity contribution in [3.05, 3.63) is 27.7 Å². The summed E-state index contributed by atoms with van der Waals surface area (Å²) in [5.41, 5.74) is 1.82. The fourth-order valence-corrected chi connectivity index (χ4v) is 2.69. The van der Waals surface area contributed by atoms with Gasteiger partial charge >= 0.3 is 5.97 Å². The number of aliphatic hydroxyl groups is 1. The Kier molecular flexibility index (Phi) is 3.91. The normalized spacial score (nSPS) is 18.8. The quantitative estimate of drug-likeness (QED) is 0.838. The van der Waals surface area contributed by atoms with Gasteiger partial charge in [0, 0.05) is 4.47 Å². The number of nitrogens with zero attached hydrogens (tertiary/aromatic N) is 1. The van der Waals surface area contributed by atoms with Crippen LogP contribution in [0.4, 0.5) is 5.69 Å². The van der Waals surface area contributed by atoms with Crippen molar-refractivity contribution < 1.29 is 19.4 Å². The zero-order valence-electron chi connectivity index (χ0n) is 10.6. The first kappa shape index (κ1) is 14.0. The third-order valence-corrected chi connectivity index (χ3v) is 4.17. The van der Waals surface area contributed by atoms with E-state index in [1.165, 1.54) is 12.0 Å². The number of esters is 1. The second kappa shape index (κ2) is 5.30. The van der Waals surface area contributed by atoms with Gasteiger partial charge in [-0.25, -0.2) is 4.79 Å². The van der Waals surface area contributed by atoms with Crippen LogP contribution in [0, 0.1) is 6.92 Å². The molecule has 1 fully saturated rings. The van der Waals surface area contributed by atoms with Gasteiger partial charge in [-0.15, -0.1) is 0 Å². The molecule has 1 heterocycles. The minimum atomic E-state index is -0.639. The van der Waals surface area contributed by atoms with Crippen LogP contribution in [-0.4, -0.2) is 36.7 Å². The van der Waals surface area contributed by atoms with E-state index in [0.29, 0.717) is 21.3 Å². The van der Waals surface area contributed by atoms with Crippen LogP contribution in [-0.2, 0) is 9.53 Å². The zero-order chi connectivity index (χ0) is 14.2. The van der Waals surface area contributed by atoms with Crippen LogP contribution in [0.1, 0.15) is 22.3 Å². The molecule has 5 nitrogen and oxygen atoms in total. The van der Waals surface area contributed by atoms with Gasteiger partial charge in [0.05, 0.1) is 37.4 Å². The number of halogens is 1. The molecule has 1 N–H and O–H groups in total. The summed E-state index contributed by atoms with van der Waals surface area (Å²) in [5.74, 6) is -0.545. The largest absolute Gasteiger partial charge is 0.465 e. The third-order valence-electron chi connectivity index (χ3n) is 3.17. The Labute approximate surface area is 119 Å². The number of hydrogen-bond donors (Lipinski definition) is 1. The molecule has 1 aromatic carbocycles. The van der Waals surface area contributed by atoms with Gasteiger partial charge in [-0.05, 0) is 40.5 Å². The van der Waals surface area contributed by atoms with Gasteiger partial charge < -0.3 is 14.7 Å². The van der Waals surface area contributed by atoms with E-state index in [1.807, 2.05) is 0 Å². The lowest BCUT2D eigenvalue weighted by atomic mass is 10.1. The van der Waals surface area contributed by atoms with Crippen molar-refractivity contribution in [2.45, 2.75) is 19.4 Å². The van der Waals surface area contributed by atoms with E-state index in [-0.39, 0.29) is 18.9 Å². The maximum atomic E-state index is 11.8. The van der Waals surface area contributed by atoms with Crippen LogP contribution in [0.5, 0.6) is 0 Å². The van der Waals surface area contributed by atoms with Gasteiger partial charge in [0.2, 0.25) is 5.91 Å². The van der Waals surface area contributed by atoms with E-state index in [2.05, 4.69) is 15.9 Å². The average Bonchev–Trinajstić information content (AvgIpc) is 2.71. The molecular formula is C13H14BrNO4. The molecule has 2 rings (SSSR count). The number of amides is 1. The van der Waals surface area contributed by atoms with Crippen LogP contribution in [0.3, 0.4) is 0 Å². The van der Waals surface area contributed by atoms with Crippen molar-refractivity contribution in [1.29, 1.82) is 0 Å². The number of carbonyl (C=O) groups excluding carboxylic acids is 2. The molecule has 102 valence electrons. The topological polar surface area (TPSA) is 66.8 Å². The Bertz CT molecular complexity index is 544. The molecule has 1 unspecified atom stereocenters. The Hall–Kier alpha value is -1.40. The van der Waals surface area contributed by atoms with E-state index in [4.69, 9.17) is 4.74 Å². The Morgan fingerprint density at radius 2 is 2.21 bits per heavy atom. The first-order valence-electron chi connectivity index (χ1n) is 5.81. The molecule has 6 heteroatoms. The summed E-state index contributed by atoms with van der Waals surface area (Å²) < 4.78 is 5.36. The lowest BCUT2D eigenvalue weighted by Crippen LogP contribution is -2.26. The van der Waals surface area contributed by atoms with Crippen LogP contribution in [0.15, 0.2) is 16.6 Å². The molecule has 0 saturated carbocycles. The number of anilines is 1. The van der Waals surface area contributed by atoms with Crippen molar-refractivity contribution in [2.75, 3.05) is 18.6 Å². The Morgan fingerprint density at radius 1 is 1.53 bits per heavy atom. The van der Waals surface area contributed by atoms with Gasteiger partial charge in [-0.2, -0.15) is 0 Å². The highest BCUT2D eigenvalue weighted by atomic mass is 79.9.